The van der Waals surface area contributed by atoms with Gasteiger partial charge in [-0.05, 0) is 201 Å². The number of fused-ring (bicyclic) bond motifs is 3. The van der Waals surface area contributed by atoms with Crippen LogP contribution in [0.3, 0.4) is 0 Å². The second-order valence-electron chi connectivity index (χ2n) is 28.8. The minimum atomic E-state index is 0.255. The number of benzene rings is 7. The maximum Gasteiger partial charge on any atom is 0.213 e. The predicted octanol–water partition coefficient (Wildman–Crippen LogP) is 26.4. The number of hydrogen-bond acceptors (Lipinski definition) is 21. The summed E-state index contributed by atoms with van der Waals surface area (Å²) in [6.07, 6.45) is 17.2. The molecule has 0 aliphatic carbocycles. The van der Waals surface area contributed by atoms with Crippen molar-refractivity contribution in [1.29, 1.82) is 15.8 Å². The minimum absolute atomic E-state index is 0.255. The summed E-state index contributed by atoms with van der Waals surface area (Å²) in [5.41, 5.74) is 19.9. The number of hydrogen-bond donors (Lipinski definition) is 3. The fraction of sp³-hybridized carbons (Fsp3) is 0.289. The fourth-order valence-corrected chi connectivity index (χ4v) is 17.1. The number of unbranched alkanes of at least 4 members (excludes halogenated alkanes) is 10. The fourth-order valence-electron chi connectivity index (χ4n) is 14.2. The number of aromatic nitrogens is 9. The van der Waals surface area contributed by atoms with Crippen LogP contribution in [0.1, 0.15) is 175 Å². The van der Waals surface area contributed by atoms with E-state index in [2.05, 4.69) is 171 Å². The molecule has 7 aromatic carbocycles. The quantitative estimate of drug-likeness (QED) is 0.0291. The van der Waals surface area contributed by atoms with E-state index in [-0.39, 0.29) is 5.82 Å². The van der Waals surface area contributed by atoms with Crippen molar-refractivity contribution in [3.63, 3.8) is 0 Å². The molecule has 0 aliphatic rings. The Morgan fingerprint density at radius 2 is 0.832 bits per heavy atom. The molecule has 14 rings (SSSR count). The van der Waals surface area contributed by atoms with Crippen LogP contribution >= 0.6 is 34.0 Å². The number of pyridine rings is 2. The smallest absolute Gasteiger partial charge is 0.213 e. The largest absolute Gasteiger partial charge is 0.339 e. The highest BCUT2D eigenvalue weighted by molar-refractivity contribution is 7.22. The zero-order chi connectivity index (χ0) is 79.2. The van der Waals surface area contributed by atoms with Crippen molar-refractivity contribution in [3.05, 3.63) is 235 Å². The lowest BCUT2D eigenvalue weighted by Crippen LogP contribution is -2.15. The molecule has 0 amide bonds. The number of nitrogens with one attached hydrogen (secondary N) is 3. The number of nitrogens with zero attached hydrogens (tertiary/aromatic N) is 17. The van der Waals surface area contributed by atoms with Crippen molar-refractivity contribution in [2.24, 2.45) is 20.5 Å². The average molecular weight is 1550 g/mol. The molecule has 23 heteroatoms. The molecule has 0 aliphatic heterocycles. The Labute approximate surface area is 672 Å². The van der Waals surface area contributed by atoms with Crippen LogP contribution in [0.25, 0.3) is 40.9 Å². The van der Waals surface area contributed by atoms with Crippen LogP contribution in [0.2, 0.25) is 0 Å². The number of para-hydroxylation sites is 3. The van der Waals surface area contributed by atoms with Crippen molar-refractivity contribution < 1.29 is 0 Å². The second kappa shape index (κ2) is 36.3. The number of rotatable bonds is 29. The predicted molar refractivity (Wildman–Crippen MR) is 463 cm³/mol. The Bertz CT molecular complexity index is 5830. The van der Waals surface area contributed by atoms with Crippen LogP contribution in [0, 0.1) is 103 Å². The number of anilines is 9. The van der Waals surface area contributed by atoms with Crippen LogP contribution < -0.4 is 20.9 Å². The molecule has 0 spiro atoms. The molecule has 0 atom stereocenters. The summed E-state index contributed by atoms with van der Waals surface area (Å²) in [6, 6.07) is 58.3. The van der Waals surface area contributed by atoms with E-state index in [1.165, 1.54) is 122 Å². The Balaban J connectivity index is 0.000000198. The first kappa shape index (κ1) is 78.9. The lowest BCUT2D eigenvalue weighted by atomic mass is 10.0. The van der Waals surface area contributed by atoms with E-state index in [0.29, 0.717) is 84.4 Å². The highest BCUT2D eigenvalue weighted by Crippen LogP contribution is 2.46. The average Bonchev–Trinajstić information content (AvgIpc) is 1.76. The molecule has 0 fully saturated rings. The van der Waals surface area contributed by atoms with Crippen molar-refractivity contribution in [3.8, 4) is 28.5 Å². The van der Waals surface area contributed by atoms with Crippen molar-refractivity contribution >= 4 is 139 Å². The lowest BCUT2D eigenvalue weighted by Gasteiger charge is -2.27. The first-order chi connectivity index (χ1) is 54.9. The third-order valence-electron chi connectivity index (χ3n) is 20.0. The molecule has 7 heterocycles. The maximum absolute atomic E-state index is 10.5. The number of nitriles is 3. The van der Waals surface area contributed by atoms with E-state index >= 15 is 0 Å². The van der Waals surface area contributed by atoms with Gasteiger partial charge >= 0.3 is 0 Å². The molecule has 113 heavy (non-hydrogen) atoms. The second-order valence-corrected chi connectivity index (χ2v) is 31.9. The first-order valence-electron chi connectivity index (χ1n) is 38.7. The van der Waals surface area contributed by atoms with Crippen LogP contribution in [0.4, 0.5) is 74.2 Å². The highest BCUT2D eigenvalue weighted by Gasteiger charge is 2.28. The molecule has 570 valence electrons. The lowest BCUT2D eigenvalue weighted by molar-refractivity contribution is 0.607. The molecule has 3 N–H and O–H groups in total. The first-order valence-corrected chi connectivity index (χ1v) is 41.2. The molecular weight excluding hydrogens is 1460 g/mol. The van der Waals surface area contributed by atoms with E-state index in [0.717, 1.165) is 99.2 Å². The number of aryl methyl sites for hydroxylation is 11. The molecule has 0 saturated heterocycles. The SMILES string of the molecule is CCCCCCCCc1ccc(Nc2nc(Nc3ccc(CCCCCCCC)cc3)c(N=Nc3c(C#N)c(C)nn3-c3nc4ccccc4s3)c(C)c2C#N)cc1.Cc1cc(C)c(Nc2nc(N(c3nc4ccccc4s3)c3c(C)cc(C)cc3C)cc(C)c2N=Nc2c(C#N)c(C)nn2-c2nc3ccccc3s2)c(C)c1. The van der Waals surface area contributed by atoms with Gasteiger partial charge in [-0.1, -0.05) is 208 Å². The van der Waals surface area contributed by atoms with Crippen LogP contribution in [-0.2, 0) is 12.8 Å². The molecule has 14 aromatic rings. The minimum Gasteiger partial charge on any atom is -0.339 e. The Morgan fingerprint density at radius 1 is 0.407 bits per heavy atom. The summed E-state index contributed by atoms with van der Waals surface area (Å²) in [7, 11) is 0. The van der Waals surface area contributed by atoms with E-state index in [9.17, 15) is 15.8 Å². The molecule has 0 saturated carbocycles. The van der Waals surface area contributed by atoms with E-state index in [1.807, 2.05) is 98.8 Å². The topological polar surface area (TPSA) is 260 Å². The molecular formula is C90H92N20S3. The zero-order valence-corrected chi connectivity index (χ0v) is 68.6. The number of thiazole rings is 3. The summed E-state index contributed by atoms with van der Waals surface area (Å²) >= 11 is 4.56. The highest BCUT2D eigenvalue weighted by atomic mass is 32.1. The van der Waals surface area contributed by atoms with Gasteiger partial charge in [-0.15, -0.1) is 20.5 Å². The van der Waals surface area contributed by atoms with E-state index in [4.69, 9.17) is 45.4 Å². The maximum atomic E-state index is 10.5. The van der Waals surface area contributed by atoms with Crippen molar-refractivity contribution in [2.45, 2.75) is 173 Å². The van der Waals surface area contributed by atoms with Gasteiger partial charge in [0.2, 0.25) is 10.3 Å². The van der Waals surface area contributed by atoms with Crippen LogP contribution in [-0.4, -0.2) is 44.5 Å². The monoisotopic (exact) mass is 1550 g/mol. The van der Waals surface area contributed by atoms with Gasteiger partial charge in [0.05, 0.1) is 53.3 Å². The van der Waals surface area contributed by atoms with Gasteiger partial charge in [-0.25, -0.2) is 24.9 Å². The standard InChI is InChI=1S/C47H54N10S.C43H38N10S2/c1-5-7-9-11-13-15-19-35-23-27-37(28-24-35)50-44-39(31-48)33(3)43(45(53-44)51-38-29-25-36(26-30-38)20-16-14-12-10-8-6-2)54-55-46-40(32-49)34(4)56-57(46)47-52-41-21-17-18-22-42(41)58-47;1-23-17-25(3)37(26(4)18-23)48-40-38(49-50-41-31(22-44)30(8)51-53(41)43-46-33-14-10-12-16-35(33)55-43)27(5)21-36(47-40)52(39-28(6)19-24(2)20-29(39)7)42-45-32-13-9-11-15-34(32)54-42/h17-18,21-30H,5-16,19-20H2,1-4H3,(H2,50,51,53);9-21H,1-8H3,(H,47,48). The van der Waals surface area contributed by atoms with Gasteiger partial charge in [0.25, 0.3) is 0 Å². The van der Waals surface area contributed by atoms with Crippen LogP contribution in [0.5, 0.6) is 0 Å². The number of azo groups is 2. The van der Waals surface area contributed by atoms with Crippen molar-refractivity contribution in [1.82, 2.24) is 44.5 Å². The summed E-state index contributed by atoms with van der Waals surface area (Å²) in [5.74, 6) is 2.60. The Hall–Kier alpha value is -12.2. The molecule has 0 bridgehead atoms. The third kappa shape index (κ3) is 18.2. The summed E-state index contributed by atoms with van der Waals surface area (Å²) in [5, 5.41) is 71.8. The molecule has 0 unspecified atom stereocenters. The molecule has 20 nitrogen and oxygen atoms in total. The van der Waals surface area contributed by atoms with Gasteiger partial charge in [-0.2, -0.15) is 35.3 Å². The molecule has 0 radical (unpaired) electrons. The summed E-state index contributed by atoms with van der Waals surface area (Å²) in [4.78, 5) is 27.2. The van der Waals surface area contributed by atoms with E-state index < -0.39 is 0 Å². The van der Waals surface area contributed by atoms with Gasteiger partial charge in [0, 0.05) is 22.6 Å². The van der Waals surface area contributed by atoms with Crippen molar-refractivity contribution in [2.75, 3.05) is 20.9 Å². The third-order valence-corrected chi connectivity index (χ3v) is 23.0. The normalized spacial score (nSPS) is 11.4. The van der Waals surface area contributed by atoms with Gasteiger partial charge in [0.1, 0.15) is 46.5 Å². The van der Waals surface area contributed by atoms with Gasteiger partial charge in [-0.3, -0.25) is 4.90 Å². The Morgan fingerprint density at radius 3 is 1.30 bits per heavy atom. The van der Waals surface area contributed by atoms with Gasteiger partial charge in [0.15, 0.2) is 34.2 Å². The molecule has 7 aromatic heterocycles. The summed E-state index contributed by atoms with van der Waals surface area (Å²) in [6.45, 7) is 24.6. The Kier molecular flexibility index (Phi) is 25.4. The van der Waals surface area contributed by atoms with E-state index in [1.54, 1.807) is 34.5 Å². The van der Waals surface area contributed by atoms with Crippen LogP contribution in [0.15, 0.2) is 172 Å². The zero-order valence-electron chi connectivity index (χ0n) is 66.2. The van der Waals surface area contributed by atoms with Gasteiger partial charge < -0.3 is 16.0 Å². The summed E-state index contributed by atoms with van der Waals surface area (Å²) < 4.78 is 6.26.